The van der Waals surface area contributed by atoms with Crippen molar-refractivity contribution >= 4 is 12.0 Å². The van der Waals surface area contributed by atoms with E-state index in [1.807, 2.05) is 0 Å². The Kier molecular flexibility index (Phi) is 2.80. The van der Waals surface area contributed by atoms with Crippen molar-refractivity contribution in [2.24, 2.45) is 0 Å². The van der Waals surface area contributed by atoms with Crippen molar-refractivity contribution < 1.29 is 27.8 Å². The molecule has 1 aliphatic rings. The molecule has 1 aromatic rings. The standard InChI is InChI=1S/C12H9F3O3/c1-6-2-3-9-7(4-6)5-8(11(16)17)10(18-9)12(13,14)15/h2-5,10H,1H3,(H,16,17). The summed E-state index contributed by atoms with van der Waals surface area (Å²) in [5, 5.41) is 8.82. The van der Waals surface area contributed by atoms with Gasteiger partial charge in [0.25, 0.3) is 0 Å². The van der Waals surface area contributed by atoms with E-state index >= 15 is 0 Å². The smallest absolute Gasteiger partial charge is 0.430 e. The Morgan fingerprint density at radius 2 is 2.06 bits per heavy atom. The van der Waals surface area contributed by atoms with Crippen molar-refractivity contribution in [1.82, 2.24) is 0 Å². The lowest BCUT2D eigenvalue weighted by Crippen LogP contribution is -2.40. The summed E-state index contributed by atoms with van der Waals surface area (Å²) in [7, 11) is 0. The molecule has 18 heavy (non-hydrogen) atoms. The van der Waals surface area contributed by atoms with Gasteiger partial charge in [-0.05, 0) is 25.1 Å². The van der Waals surface area contributed by atoms with Crippen LogP contribution in [0.5, 0.6) is 5.75 Å². The zero-order chi connectivity index (χ0) is 13.5. The number of fused-ring (bicyclic) bond motifs is 1. The fraction of sp³-hybridized carbons (Fsp3) is 0.250. The molecule has 0 aliphatic carbocycles. The first-order valence-electron chi connectivity index (χ1n) is 5.08. The fourth-order valence-electron chi connectivity index (χ4n) is 1.74. The topological polar surface area (TPSA) is 46.5 Å². The van der Waals surface area contributed by atoms with E-state index in [9.17, 15) is 18.0 Å². The van der Waals surface area contributed by atoms with Gasteiger partial charge in [-0.1, -0.05) is 11.6 Å². The molecule has 96 valence electrons. The number of carboxylic acid groups (broad SMARTS) is 1. The predicted molar refractivity (Wildman–Crippen MR) is 57.3 cm³/mol. The van der Waals surface area contributed by atoms with Crippen LogP contribution in [0.15, 0.2) is 23.8 Å². The van der Waals surface area contributed by atoms with E-state index in [1.165, 1.54) is 6.07 Å². The third-order valence-electron chi connectivity index (χ3n) is 2.55. The van der Waals surface area contributed by atoms with Crippen LogP contribution in [0.25, 0.3) is 6.08 Å². The summed E-state index contributed by atoms with van der Waals surface area (Å²) in [6.07, 6.45) is -6.18. The van der Waals surface area contributed by atoms with Crippen LogP contribution >= 0.6 is 0 Å². The van der Waals surface area contributed by atoms with Crippen LogP contribution in [0.2, 0.25) is 0 Å². The molecule has 1 aliphatic heterocycles. The van der Waals surface area contributed by atoms with Gasteiger partial charge in [0.1, 0.15) is 5.75 Å². The van der Waals surface area contributed by atoms with E-state index in [1.54, 1.807) is 19.1 Å². The van der Waals surface area contributed by atoms with Gasteiger partial charge >= 0.3 is 12.1 Å². The minimum Gasteiger partial charge on any atom is -0.478 e. The normalized spacial score (nSPS) is 18.7. The second kappa shape index (κ2) is 4.04. The molecular weight excluding hydrogens is 249 g/mol. The number of benzene rings is 1. The number of ether oxygens (including phenoxy) is 1. The van der Waals surface area contributed by atoms with Crippen LogP contribution < -0.4 is 4.74 Å². The SMILES string of the molecule is Cc1ccc2c(c1)C=C(C(=O)O)C(C(F)(F)F)O2. The molecule has 6 heteroatoms. The fourth-order valence-corrected chi connectivity index (χ4v) is 1.74. The quantitative estimate of drug-likeness (QED) is 0.842. The van der Waals surface area contributed by atoms with Crippen LogP contribution in [-0.2, 0) is 4.79 Å². The van der Waals surface area contributed by atoms with Gasteiger partial charge < -0.3 is 9.84 Å². The van der Waals surface area contributed by atoms with Gasteiger partial charge in [0.05, 0.1) is 5.57 Å². The first-order valence-corrected chi connectivity index (χ1v) is 5.08. The Hall–Kier alpha value is -1.98. The zero-order valence-electron chi connectivity index (χ0n) is 9.28. The highest BCUT2D eigenvalue weighted by Gasteiger charge is 2.48. The predicted octanol–water partition coefficient (Wildman–Crippen LogP) is 2.79. The number of carbonyl (C=O) groups is 1. The van der Waals surface area contributed by atoms with Gasteiger partial charge in [0.15, 0.2) is 0 Å². The first-order chi connectivity index (χ1) is 8.29. The maximum absolute atomic E-state index is 12.7. The summed E-state index contributed by atoms with van der Waals surface area (Å²) >= 11 is 0. The lowest BCUT2D eigenvalue weighted by atomic mass is 10.00. The van der Waals surface area contributed by atoms with Gasteiger partial charge in [0.2, 0.25) is 6.10 Å². The lowest BCUT2D eigenvalue weighted by molar-refractivity contribution is -0.187. The summed E-state index contributed by atoms with van der Waals surface area (Å²) in [5.74, 6) is -1.60. The van der Waals surface area contributed by atoms with E-state index < -0.39 is 23.8 Å². The molecule has 0 amide bonds. The van der Waals surface area contributed by atoms with Crippen molar-refractivity contribution in [3.63, 3.8) is 0 Å². The van der Waals surface area contributed by atoms with Gasteiger partial charge in [-0.25, -0.2) is 4.79 Å². The average Bonchev–Trinajstić information content (AvgIpc) is 2.25. The molecule has 0 radical (unpaired) electrons. The van der Waals surface area contributed by atoms with E-state index in [0.717, 1.165) is 11.6 Å². The number of rotatable bonds is 1. The summed E-state index contributed by atoms with van der Waals surface area (Å²) in [6.45, 7) is 1.75. The van der Waals surface area contributed by atoms with Crippen molar-refractivity contribution in [3.8, 4) is 5.75 Å². The molecule has 0 spiro atoms. The second-order valence-corrected chi connectivity index (χ2v) is 3.99. The maximum Gasteiger partial charge on any atom is 0.430 e. The molecule has 0 fully saturated rings. The number of aryl methyl sites for hydroxylation is 1. The third-order valence-corrected chi connectivity index (χ3v) is 2.55. The van der Waals surface area contributed by atoms with E-state index in [2.05, 4.69) is 0 Å². The second-order valence-electron chi connectivity index (χ2n) is 3.99. The summed E-state index contributed by atoms with van der Waals surface area (Å²) < 4.78 is 42.8. The zero-order valence-corrected chi connectivity index (χ0v) is 9.28. The molecule has 1 aromatic carbocycles. The number of aliphatic carboxylic acids is 1. The Morgan fingerprint density at radius 1 is 1.39 bits per heavy atom. The van der Waals surface area contributed by atoms with Crippen LogP contribution in [-0.4, -0.2) is 23.4 Å². The van der Waals surface area contributed by atoms with E-state index in [-0.39, 0.29) is 5.75 Å². The molecule has 2 rings (SSSR count). The molecule has 3 nitrogen and oxygen atoms in total. The summed E-state index contributed by atoms with van der Waals surface area (Å²) in [4.78, 5) is 10.9. The van der Waals surface area contributed by atoms with Crippen LogP contribution in [0.1, 0.15) is 11.1 Å². The number of alkyl halides is 3. The lowest BCUT2D eigenvalue weighted by Gasteiger charge is -2.27. The highest BCUT2D eigenvalue weighted by molar-refractivity contribution is 5.95. The van der Waals surface area contributed by atoms with Crippen LogP contribution in [0, 0.1) is 6.92 Å². The highest BCUT2D eigenvalue weighted by Crippen LogP contribution is 2.37. The Bertz CT molecular complexity index is 532. The third kappa shape index (κ3) is 2.18. The largest absolute Gasteiger partial charge is 0.478 e. The minimum atomic E-state index is -4.76. The Morgan fingerprint density at radius 3 is 2.61 bits per heavy atom. The summed E-state index contributed by atoms with van der Waals surface area (Å²) in [5.41, 5.74) is 0.345. The highest BCUT2D eigenvalue weighted by atomic mass is 19.4. The molecule has 1 N–H and O–H groups in total. The van der Waals surface area contributed by atoms with E-state index in [4.69, 9.17) is 9.84 Å². The number of carboxylic acids is 1. The van der Waals surface area contributed by atoms with Crippen molar-refractivity contribution in [2.45, 2.75) is 19.2 Å². The Labute approximate surface area is 100 Å². The molecule has 0 saturated heterocycles. The van der Waals surface area contributed by atoms with Gasteiger partial charge in [-0.2, -0.15) is 13.2 Å². The number of halogens is 3. The van der Waals surface area contributed by atoms with Gasteiger partial charge in [-0.3, -0.25) is 0 Å². The minimum absolute atomic E-state index is 0.0351. The Balaban J connectivity index is 2.53. The monoisotopic (exact) mass is 258 g/mol. The van der Waals surface area contributed by atoms with Crippen LogP contribution in [0.3, 0.4) is 0 Å². The average molecular weight is 258 g/mol. The molecule has 0 bridgehead atoms. The summed E-state index contributed by atoms with van der Waals surface area (Å²) in [6, 6.07) is 4.58. The molecule has 1 unspecified atom stereocenters. The van der Waals surface area contributed by atoms with Crippen molar-refractivity contribution in [2.75, 3.05) is 0 Å². The molecular formula is C12H9F3O3. The maximum atomic E-state index is 12.7. The van der Waals surface area contributed by atoms with Gasteiger partial charge in [0, 0.05) is 5.56 Å². The first kappa shape index (κ1) is 12.5. The van der Waals surface area contributed by atoms with Crippen LogP contribution in [0.4, 0.5) is 13.2 Å². The molecule has 0 aromatic heterocycles. The molecule has 1 heterocycles. The molecule has 1 atom stereocenters. The van der Waals surface area contributed by atoms with E-state index in [0.29, 0.717) is 5.56 Å². The van der Waals surface area contributed by atoms with Crippen molar-refractivity contribution in [1.29, 1.82) is 0 Å². The van der Waals surface area contributed by atoms with Gasteiger partial charge in [-0.15, -0.1) is 0 Å². The molecule has 0 saturated carbocycles. The number of hydrogen-bond donors (Lipinski definition) is 1. The number of hydrogen-bond acceptors (Lipinski definition) is 2. The van der Waals surface area contributed by atoms with Crippen molar-refractivity contribution in [3.05, 3.63) is 34.9 Å².